The van der Waals surface area contributed by atoms with Crippen molar-refractivity contribution in [3.63, 3.8) is 0 Å². The van der Waals surface area contributed by atoms with E-state index >= 15 is 0 Å². The number of methoxy groups -OCH3 is 1. The number of nitrogens with zero attached hydrogens (tertiary/aromatic N) is 3. The van der Waals surface area contributed by atoms with E-state index in [1.807, 2.05) is 18.2 Å². The molecule has 0 saturated heterocycles. The number of rotatable bonds is 6. The van der Waals surface area contributed by atoms with Gasteiger partial charge in [0.2, 0.25) is 11.1 Å². The van der Waals surface area contributed by atoms with Crippen molar-refractivity contribution in [2.75, 3.05) is 24.0 Å². The highest BCUT2D eigenvalue weighted by Crippen LogP contribution is 2.24. The predicted molar refractivity (Wildman–Crippen MR) is 103 cm³/mol. The minimum Gasteiger partial charge on any atom is -0.497 e. The monoisotopic (exact) mass is 387 g/mol. The number of aromatic nitrogens is 3. The molecule has 27 heavy (non-hydrogen) atoms. The molecule has 3 rings (SSSR count). The first-order valence-corrected chi connectivity index (χ1v) is 9.00. The summed E-state index contributed by atoms with van der Waals surface area (Å²) in [7, 11) is 1.58. The lowest BCUT2D eigenvalue weighted by Crippen LogP contribution is -2.16. The zero-order valence-electron chi connectivity index (χ0n) is 14.8. The molecule has 0 unspecified atom stereocenters. The fourth-order valence-electron chi connectivity index (χ4n) is 2.33. The predicted octanol–water partition coefficient (Wildman–Crippen LogP) is 2.85. The molecule has 0 aliphatic heterocycles. The Bertz CT molecular complexity index is 976. The van der Waals surface area contributed by atoms with Crippen LogP contribution in [0.2, 0.25) is 0 Å². The number of benzene rings is 2. The molecule has 0 bridgehead atoms. The molecule has 2 aromatic carbocycles. The number of aryl methyl sites for hydroxylation is 1. The van der Waals surface area contributed by atoms with Gasteiger partial charge in [0.1, 0.15) is 11.6 Å². The van der Waals surface area contributed by atoms with Crippen molar-refractivity contribution in [2.45, 2.75) is 12.1 Å². The van der Waals surface area contributed by atoms with Gasteiger partial charge in [-0.2, -0.15) is 0 Å². The van der Waals surface area contributed by atoms with Crippen LogP contribution in [0.25, 0.3) is 11.4 Å². The van der Waals surface area contributed by atoms with Gasteiger partial charge in [0.05, 0.1) is 12.9 Å². The van der Waals surface area contributed by atoms with Crippen molar-refractivity contribution in [1.82, 2.24) is 14.9 Å². The lowest BCUT2D eigenvalue weighted by Gasteiger charge is -2.07. The van der Waals surface area contributed by atoms with Crippen LogP contribution in [-0.4, -0.2) is 33.6 Å². The number of anilines is 1. The Balaban J connectivity index is 1.65. The summed E-state index contributed by atoms with van der Waals surface area (Å²) in [6.45, 7) is 1.66. The highest BCUT2D eigenvalue weighted by atomic mass is 32.2. The zero-order chi connectivity index (χ0) is 19.4. The Morgan fingerprint density at radius 2 is 2.11 bits per heavy atom. The van der Waals surface area contributed by atoms with Crippen LogP contribution in [0, 0.1) is 12.7 Å². The molecule has 0 aliphatic rings. The van der Waals surface area contributed by atoms with Crippen LogP contribution >= 0.6 is 11.8 Å². The normalized spacial score (nSPS) is 10.6. The minimum atomic E-state index is -0.370. The van der Waals surface area contributed by atoms with E-state index in [0.29, 0.717) is 28.0 Å². The third-order valence-electron chi connectivity index (χ3n) is 3.78. The maximum absolute atomic E-state index is 13.5. The number of hydrogen-bond acceptors (Lipinski definition) is 6. The molecule has 0 saturated carbocycles. The smallest absolute Gasteiger partial charge is 0.234 e. The number of nitrogen functional groups attached to an aromatic ring is 1. The van der Waals surface area contributed by atoms with Crippen LogP contribution in [0.1, 0.15) is 5.56 Å². The Morgan fingerprint density at radius 3 is 2.85 bits per heavy atom. The molecule has 1 aromatic heterocycles. The standard InChI is InChI=1S/C18H18FN5O2S/c1-11-6-7-13(9-15(11)19)21-16(25)10-27-18-23-22-17(24(18)20)12-4-3-5-14(8-12)26-2/h3-9H,10,20H2,1-2H3,(H,21,25). The van der Waals surface area contributed by atoms with Crippen LogP contribution in [-0.2, 0) is 4.79 Å². The van der Waals surface area contributed by atoms with E-state index in [-0.39, 0.29) is 17.5 Å². The first-order chi connectivity index (χ1) is 13.0. The van der Waals surface area contributed by atoms with Crippen molar-refractivity contribution in [3.05, 3.63) is 53.8 Å². The van der Waals surface area contributed by atoms with Crippen molar-refractivity contribution >= 4 is 23.4 Å². The number of ether oxygens (including phenoxy) is 1. The fraction of sp³-hybridized carbons (Fsp3) is 0.167. The number of nitrogens with one attached hydrogen (secondary N) is 1. The quantitative estimate of drug-likeness (QED) is 0.499. The van der Waals surface area contributed by atoms with Crippen molar-refractivity contribution in [1.29, 1.82) is 0 Å². The number of carbonyl (C=O) groups is 1. The van der Waals surface area contributed by atoms with E-state index in [4.69, 9.17) is 10.6 Å². The lowest BCUT2D eigenvalue weighted by molar-refractivity contribution is -0.113. The van der Waals surface area contributed by atoms with E-state index in [1.54, 1.807) is 32.2 Å². The molecule has 1 heterocycles. The second-order valence-electron chi connectivity index (χ2n) is 5.71. The first kappa shape index (κ1) is 18.7. The maximum Gasteiger partial charge on any atom is 0.234 e. The fourth-order valence-corrected chi connectivity index (χ4v) is 2.99. The number of thioether (sulfide) groups is 1. The van der Waals surface area contributed by atoms with Gasteiger partial charge in [0, 0.05) is 11.3 Å². The molecule has 0 aliphatic carbocycles. The number of carbonyl (C=O) groups excluding carboxylic acids is 1. The Morgan fingerprint density at radius 1 is 1.30 bits per heavy atom. The third-order valence-corrected chi connectivity index (χ3v) is 4.72. The Labute approximate surface area is 159 Å². The molecular weight excluding hydrogens is 369 g/mol. The van der Waals surface area contributed by atoms with Gasteiger partial charge in [-0.05, 0) is 36.8 Å². The SMILES string of the molecule is COc1cccc(-c2nnc(SCC(=O)Nc3ccc(C)c(F)c3)n2N)c1. The summed E-state index contributed by atoms with van der Waals surface area (Å²) >= 11 is 1.13. The van der Waals surface area contributed by atoms with Gasteiger partial charge in [-0.15, -0.1) is 10.2 Å². The van der Waals surface area contributed by atoms with Gasteiger partial charge in [-0.1, -0.05) is 30.0 Å². The first-order valence-electron chi connectivity index (χ1n) is 8.01. The third kappa shape index (κ3) is 4.37. The highest BCUT2D eigenvalue weighted by molar-refractivity contribution is 7.99. The number of halogens is 1. The lowest BCUT2D eigenvalue weighted by atomic mass is 10.2. The van der Waals surface area contributed by atoms with Crippen LogP contribution < -0.4 is 15.9 Å². The van der Waals surface area contributed by atoms with Gasteiger partial charge < -0.3 is 15.9 Å². The van der Waals surface area contributed by atoms with Crippen molar-refractivity contribution in [3.8, 4) is 17.1 Å². The van der Waals surface area contributed by atoms with Gasteiger partial charge in [0.15, 0.2) is 5.82 Å². The van der Waals surface area contributed by atoms with Crippen molar-refractivity contribution < 1.29 is 13.9 Å². The van der Waals surface area contributed by atoms with Crippen LogP contribution in [0.15, 0.2) is 47.6 Å². The summed E-state index contributed by atoms with van der Waals surface area (Å²) in [5.41, 5.74) is 1.66. The van der Waals surface area contributed by atoms with Gasteiger partial charge in [-0.3, -0.25) is 4.79 Å². The molecule has 0 radical (unpaired) electrons. The van der Waals surface area contributed by atoms with Crippen LogP contribution in [0.4, 0.5) is 10.1 Å². The van der Waals surface area contributed by atoms with E-state index in [1.165, 1.54) is 10.7 Å². The highest BCUT2D eigenvalue weighted by Gasteiger charge is 2.14. The van der Waals surface area contributed by atoms with Crippen LogP contribution in [0.3, 0.4) is 0 Å². The number of amides is 1. The molecule has 0 fully saturated rings. The summed E-state index contributed by atoms with van der Waals surface area (Å²) in [5.74, 6) is 6.57. The molecule has 3 aromatic rings. The molecule has 0 spiro atoms. The summed E-state index contributed by atoms with van der Waals surface area (Å²) in [4.78, 5) is 12.1. The van der Waals surface area contributed by atoms with E-state index in [9.17, 15) is 9.18 Å². The largest absolute Gasteiger partial charge is 0.497 e. The summed E-state index contributed by atoms with van der Waals surface area (Å²) in [6.07, 6.45) is 0. The maximum atomic E-state index is 13.5. The zero-order valence-corrected chi connectivity index (χ0v) is 15.6. The summed E-state index contributed by atoms with van der Waals surface area (Å²) < 4.78 is 20.1. The molecule has 3 N–H and O–H groups in total. The summed E-state index contributed by atoms with van der Waals surface area (Å²) in [5, 5.41) is 11.1. The molecular formula is C18H18FN5O2S. The second kappa shape index (κ2) is 8.09. The molecule has 9 heteroatoms. The molecule has 0 atom stereocenters. The van der Waals surface area contributed by atoms with Gasteiger partial charge in [-0.25, -0.2) is 9.07 Å². The van der Waals surface area contributed by atoms with Gasteiger partial charge >= 0.3 is 0 Å². The average Bonchev–Trinajstić information content (AvgIpc) is 3.03. The Hall–Kier alpha value is -3.07. The van der Waals surface area contributed by atoms with Gasteiger partial charge in [0.25, 0.3) is 0 Å². The topological polar surface area (TPSA) is 95.1 Å². The van der Waals surface area contributed by atoms with E-state index in [2.05, 4.69) is 15.5 Å². The minimum absolute atomic E-state index is 0.0585. The Kier molecular flexibility index (Phi) is 5.60. The van der Waals surface area contributed by atoms with E-state index < -0.39 is 0 Å². The molecule has 7 nitrogen and oxygen atoms in total. The number of nitrogens with two attached hydrogens (primary N) is 1. The molecule has 1 amide bonds. The summed E-state index contributed by atoms with van der Waals surface area (Å²) in [6, 6.07) is 11.8. The molecule has 140 valence electrons. The second-order valence-corrected chi connectivity index (χ2v) is 6.65. The van der Waals surface area contributed by atoms with Crippen molar-refractivity contribution in [2.24, 2.45) is 0 Å². The number of hydrogen-bond donors (Lipinski definition) is 2. The average molecular weight is 387 g/mol. The van der Waals surface area contributed by atoms with E-state index in [0.717, 1.165) is 17.3 Å². The van der Waals surface area contributed by atoms with Crippen LogP contribution in [0.5, 0.6) is 5.75 Å².